The summed E-state index contributed by atoms with van der Waals surface area (Å²) in [6.45, 7) is 0. The van der Waals surface area contributed by atoms with Crippen molar-refractivity contribution in [3.05, 3.63) is 29.9 Å². The van der Waals surface area contributed by atoms with Gasteiger partial charge < -0.3 is 9.47 Å². The van der Waals surface area contributed by atoms with Gasteiger partial charge in [0.1, 0.15) is 0 Å². The predicted molar refractivity (Wildman–Crippen MR) is 53.3 cm³/mol. The highest BCUT2D eigenvalue weighted by Gasteiger charge is 2.15. The van der Waals surface area contributed by atoms with E-state index < -0.39 is 0 Å². The van der Waals surface area contributed by atoms with Gasteiger partial charge in [0.05, 0.1) is 45.6 Å². The van der Waals surface area contributed by atoms with Gasteiger partial charge in [-0.15, -0.1) is 0 Å². The van der Waals surface area contributed by atoms with Crippen molar-refractivity contribution in [3.63, 3.8) is 0 Å². The Labute approximate surface area is 84.4 Å². The SMILES string of the molecule is COC(=O)CCC1=C[CH+]C(OC)=CC1. The van der Waals surface area contributed by atoms with Crippen LogP contribution in [-0.2, 0) is 14.3 Å². The van der Waals surface area contributed by atoms with E-state index in [1.165, 1.54) is 12.7 Å². The van der Waals surface area contributed by atoms with Crippen molar-refractivity contribution in [2.45, 2.75) is 19.3 Å². The molecule has 0 aliphatic heterocycles. The molecule has 0 saturated carbocycles. The minimum absolute atomic E-state index is 0.160. The highest BCUT2D eigenvalue weighted by atomic mass is 16.5. The standard InChI is InChI=1S/C11H15O3/c1-13-10-6-3-9(4-7-10)5-8-11(12)14-2/h3,6-7H,4-5,8H2,1-2H3/q+1. The normalized spacial score (nSPS) is 15.0. The van der Waals surface area contributed by atoms with E-state index in [-0.39, 0.29) is 5.97 Å². The number of ether oxygens (including phenoxy) is 2. The molecule has 14 heavy (non-hydrogen) atoms. The molecule has 3 nitrogen and oxygen atoms in total. The van der Waals surface area contributed by atoms with Gasteiger partial charge in [-0.2, -0.15) is 0 Å². The molecule has 0 radical (unpaired) electrons. The summed E-state index contributed by atoms with van der Waals surface area (Å²) in [5, 5.41) is 0. The first-order valence-electron chi connectivity index (χ1n) is 4.60. The Morgan fingerprint density at radius 3 is 2.86 bits per heavy atom. The summed E-state index contributed by atoms with van der Waals surface area (Å²) in [7, 11) is 3.06. The van der Waals surface area contributed by atoms with Gasteiger partial charge in [0.2, 0.25) is 5.76 Å². The molecule has 0 heterocycles. The summed E-state index contributed by atoms with van der Waals surface area (Å²) in [6.07, 6.45) is 7.99. The summed E-state index contributed by atoms with van der Waals surface area (Å²) in [5.74, 6) is 0.722. The summed E-state index contributed by atoms with van der Waals surface area (Å²) in [5.41, 5.74) is 1.23. The molecule has 0 N–H and O–H groups in total. The van der Waals surface area contributed by atoms with Crippen molar-refractivity contribution in [1.82, 2.24) is 0 Å². The van der Waals surface area contributed by atoms with E-state index in [2.05, 4.69) is 4.74 Å². The number of esters is 1. The smallest absolute Gasteiger partial charge is 0.307 e. The van der Waals surface area contributed by atoms with Crippen LogP contribution in [0, 0.1) is 6.42 Å². The van der Waals surface area contributed by atoms with E-state index >= 15 is 0 Å². The summed E-state index contributed by atoms with van der Waals surface area (Å²) in [6, 6.07) is 0. The van der Waals surface area contributed by atoms with Crippen LogP contribution in [0.3, 0.4) is 0 Å². The highest BCUT2D eigenvalue weighted by molar-refractivity contribution is 5.69. The molecule has 0 aromatic carbocycles. The molecule has 0 fully saturated rings. The van der Waals surface area contributed by atoms with Crippen molar-refractivity contribution < 1.29 is 14.3 Å². The second-order valence-corrected chi connectivity index (χ2v) is 3.08. The van der Waals surface area contributed by atoms with Gasteiger partial charge in [0.25, 0.3) is 0 Å². The Kier molecular flexibility index (Phi) is 4.11. The van der Waals surface area contributed by atoms with Crippen LogP contribution in [0.4, 0.5) is 0 Å². The van der Waals surface area contributed by atoms with Crippen LogP contribution in [0.2, 0.25) is 0 Å². The van der Waals surface area contributed by atoms with Crippen LogP contribution in [0.25, 0.3) is 0 Å². The predicted octanol–water partition coefficient (Wildman–Crippen LogP) is 2.00. The van der Waals surface area contributed by atoms with Gasteiger partial charge in [-0.3, -0.25) is 4.79 Å². The summed E-state index contributed by atoms with van der Waals surface area (Å²) < 4.78 is 9.62. The molecule has 0 atom stereocenters. The zero-order chi connectivity index (χ0) is 10.4. The Hall–Kier alpha value is -1.38. The number of allylic oxidation sites excluding steroid dienone is 3. The minimum Gasteiger partial charge on any atom is -0.475 e. The first-order chi connectivity index (χ1) is 6.76. The van der Waals surface area contributed by atoms with Crippen LogP contribution in [-0.4, -0.2) is 20.2 Å². The van der Waals surface area contributed by atoms with E-state index in [0.717, 1.165) is 18.6 Å². The van der Waals surface area contributed by atoms with Crippen molar-refractivity contribution >= 4 is 5.97 Å². The summed E-state index contributed by atoms with van der Waals surface area (Å²) in [4.78, 5) is 10.9. The molecule has 0 aromatic rings. The third-order valence-electron chi connectivity index (χ3n) is 2.16. The summed E-state index contributed by atoms with van der Waals surface area (Å²) >= 11 is 0. The molecule has 1 rings (SSSR count). The number of carbonyl (C=O) groups is 1. The topological polar surface area (TPSA) is 35.5 Å². The van der Waals surface area contributed by atoms with Gasteiger partial charge in [-0.25, -0.2) is 0 Å². The highest BCUT2D eigenvalue weighted by Crippen LogP contribution is 2.20. The molecule has 0 spiro atoms. The molecule has 0 amide bonds. The fourth-order valence-corrected chi connectivity index (χ4v) is 1.27. The van der Waals surface area contributed by atoms with E-state index in [0.29, 0.717) is 6.42 Å². The third-order valence-corrected chi connectivity index (χ3v) is 2.16. The van der Waals surface area contributed by atoms with Gasteiger partial charge in [-0.05, 0) is 0 Å². The zero-order valence-electron chi connectivity index (χ0n) is 8.58. The molecule has 1 aliphatic carbocycles. The van der Waals surface area contributed by atoms with Crippen LogP contribution >= 0.6 is 0 Å². The number of hydrogen-bond donors (Lipinski definition) is 0. The van der Waals surface area contributed by atoms with Crippen LogP contribution < -0.4 is 0 Å². The van der Waals surface area contributed by atoms with E-state index in [4.69, 9.17) is 4.74 Å². The average molecular weight is 195 g/mol. The maximum Gasteiger partial charge on any atom is 0.307 e. The quantitative estimate of drug-likeness (QED) is 0.508. The van der Waals surface area contributed by atoms with E-state index in [1.54, 1.807) is 7.11 Å². The van der Waals surface area contributed by atoms with Gasteiger partial charge in [-0.1, -0.05) is 0 Å². The Morgan fingerprint density at radius 2 is 2.36 bits per heavy atom. The van der Waals surface area contributed by atoms with E-state index in [1.807, 2.05) is 18.6 Å². The molecule has 76 valence electrons. The number of methoxy groups -OCH3 is 2. The van der Waals surface area contributed by atoms with Gasteiger partial charge in [0, 0.05) is 12.0 Å². The second kappa shape index (κ2) is 5.37. The van der Waals surface area contributed by atoms with Crippen LogP contribution in [0.1, 0.15) is 19.3 Å². The second-order valence-electron chi connectivity index (χ2n) is 3.08. The lowest BCUT2D eigenvalue weighted by Gasteiger charge is -2.04. The molecular weight excluding hydrogens is 180 g/mol. The lowest BCUT2D eigenvalue weighted by Crippen LogP contribution is -2.02. The monoisotopic (exact) mass is 195 g/mol. The van der Waals surface area contributed by atoms with Crippen molar-refractivity contribution in [1.29, 1.82) is 0 Å². The van der Waals surface area contributed by atoms with E-state index in [9.17, 15) is 4.79 Å². The van der Waals surface area contributed by atoms with Crippen LogP contribution in [0.5, 0.6) is 0 Å². The number of carbonyl (C=O) groups excluding carboxylic acids is 1. The fourth-order valence-electron chi connectivity index (χ4n) is 1.27. The van der Waals surface area contributed by atoms with Crippen molar-refractivity contribution in [2.24, 2.45) is 0 Å². The van der Waals surface area contributed by atoms with Gasteiger partial charge in [0.15, 0.2) is 0 Å². The number of rotatable bonds is 4. The lowest BCUT2D eigenvalue weighted by molar-refractivity contribution is -0.140. The maximum atomic E-state index is 10.9. The van der Waals surface area contributed by atoms with Crippen LogP contribution in [0.15, 0.2) is 23.5 Å². The molecule has 3 heteroatoms. The fraction of sp³-hybridized carbons (Fsp3) is 0.455. The third kappa shape index (κ3) is 3.17. The lowest BCUT2D eigenvalue weighted by atomic mass is 10.0. The minimum atomic E-state index is -0.160. The molecular formula is C11H15O3+. The Balaban J connectivity index is 2.29. The van der Waals surface area contributed by atoms with Crippen molar-refractivity contribution in [3.8, 4) is 0 Å². The largest absolute Gasteiger partial charge is 0.475 e. The first-order valence-corrected chi connectivity index (χ1v) is 4.60. The molecule has 0 unspecified atom stereocenters. The Bertz CT molecular complexity index is 264. The molecule has 0 aromatic heterocycles. The average Bonchev–Trinajstić information content (AvgIpc) is 2.26. The number of hydrogen-bond acceptors (Lipinski definition) is 3. The molecule has 1 aliphatic rings. The molecule has 0 saturated heterocycles. The van der Waals surface area contributed by atoms with Crippen molar-refractivity contribution in [2.75, 3.05) is 14.2 Å². The first kappa shape index (κ1) is 10.7. The zero-order valence-corrected chi connectivity index (χ0v) is 8.58. The Morgan fingerprint density at radius 1 is 1.57 bits per heavy atom. The maximum absolute atomic E-state index is 10.9. The molecule has 0 bridgehead atoms. The van der Waals surface area contributed by atoms with Gasteiger partial charge >= 0.3 is 5.97 Å².